The van der Waals surface area contributed by atoms with Crippen LogP contribution < -0.4 is 0 Å². The van der Waals surface area contributed by atoms with Crippen LogP contribution in [0.4, 0.5) is 0 Å². The Bertz CT molecular complexity index is 3520. The average Bonchev–Trinajstić information content (AvgIpc) is 1.40. The van der Waals surface area contributed by atoms with Gasteiger partial charge in [-0.2, -0.15) is 0 Å². The van der Waals surface area contributed by atoms with E-state index in [1.807, 2.05) is 65.0 Å². The third kappa shape index (κ3) is 17.4. The molecule has 2 bridgehead atoms. The summed E-state index contributed by atoms with van der Waals surface area (Å²) >= 11 is 0. The number of furan rings is 1. The van der Waals surface area contributed by atoms with Crippen LogP contribution in [-0.2, 0) is 91.1 Å². The topological polar surface area (TPSA) is 320 Å². The highest BCUT2D eigenvalue weighted by Gasteiger charge is 2.65. The van der Waals surface area contributed by atoms with E-state index in [0.717, 1.165) is 10.5 Å². The van der Waals surface area contributed by atoms with Crippen LogP contribution in [0.25, 0.3) is 0 Å². The average molecular weight is 1450 g/mol. The van der Waals surface area contributed by atoms with Gasteiger partial charge in [-0.05, 0) is 157 Å². The van der Waals surface area contributed by atoms with Gasteiger partial charge in [-0.3, -0.25) is 38.4 Å². The molecule has 24 nitrogen and oxygen atoms in total. The first-order chi connectivity index (χ1) is 49.3. The lowest BCUT2D eigenvalue weighted by Crippen LogP contribution is -2.61. The maximum Gasteiger partial charge on any atom is 0.342 e. The van der Waals surface area contributed by atoms with Gasteiger partial charge in [0.25, 0.3) is 11.7 Å². The van der Waals surface area contributed by atoms with Crippen molar-refractivity contribution in [1.82, 2.24) is 4.90 Å². The number of ketones is 4. The summed E-state index contributed by atoms with van der Waals surface area (Å²) in [5.74, 6) is -11.9. The van der Waals surface area contributed by atoms with Crippen molar-refractivity contribution in [2.24, 2.45) is 46.8 Å². The number of ether oxygens (including phenoxy) is 10. The van der Waals surface area contributed by atoms with E-state index < -0.39 is 161 Å². The normalized spacial score (nSPS) is 37.6. The third-order valence-corrected chi connectivity index (χ3v) is 23.9. The summed E-state index contributed by atoms with van der Waals surface area (Å²) in [5, 5.41) is 23.8. The zero-order chi connectivity index (χ0) is 75.9. The van der Waals surface area contributed by atoms with Gasteiger partial charge in [0.05, 0.1) is 30.3 Å². The summed E-state index contributed by atoms with van der Waals surface area (Å²) in [5.41, 5.74) is 0.644. The van der Waals surface area contributed by atoms with Gasteiger partial charge in [0, 0.05) is 102 Å². The van der Waals surface area contributed by atoms with Crippen molar-refractivity contribution < 1.29 is 110 Å². The molecule has 574 valence electrons. The van der Waals surface area contributed by atoms with Crippen LogP contribution in [0.2, 0.25) is 0 Å². The number of methoxy groups -OCH3 is 4. The molecule has 1 aromatic rings. The number of esters is 5. The highest BCUT2D eigenvalue weighted by Crippen LogP contribution is 2.63. The summed E-state index contributed by atoms with van der Waals surface area (Å²) in [7, 11) is 5.94. The molecule has 1 aromatic heterocycles. The summed E-state index contributed by atoms with van der Waals surface area (Å²) < 4.78 is 65.8. The van der Waals surface area contributed by atoms with E-state index in [9.17, 15) is 58.2 Å². The van der Waals surface area contributed by atoms with Crippen molar-refractivity contribution in [3.63, 3.8) is 0 Å². The van der Waals surface area contributed by atoms with E-state index >= 15 is 0 Å². The Hall–Kier alpha value is -6.80. The molecule has 0 spiro atoms. The predicted octanol–water partition coefficient (Wildman–Crippen LogP) is 10.2. The Kier molecular flexibility index (Phi) is 27.2. The summed E-state index contributed by atoms with van der Waals surface area (Å²) in [4.78, 5) is 142. The molecule has 2 saturated carbocycles. The molecule has 9 rings (SSSR count). The van der Waals surface area contributed by atoms with Crippen molar-refractivity contribution in [2.75, 3.05) is 41.6 Å². The first-order valence-electron chi connectivity index (χ1n) is 37.5. The predicted molar refractivity (Wildman–Crippen MR) is 377 cm³/mol. The number of cyclic esters (lactones) is 2. The number of aliphatic hydroxyl groups is 2. The van der Waals surface area contributed by atoms with Crippen molar-refractivity contribution in [1.29, 1.82) is 0 Å². The summed E-state index contributed by atoms with van der Waals surface area (Å²) in [6.07, 6.45) is 9.99. The Morgan fingerprint density at radius 2 is 1.49 bits per heavy atom. The second kappa shape index (κ2) is 34.8. The quantitative estimate of drug-likeness (QED) is 0.0511. The lowest BCUT2D eigenvalue weighted by Gasteiger charge is -2.52. The Balaban J connectivity index is 0.842. The second-order valence-electron chi connectivity index (χ2n) is 31.2. The Morgan fingerprint density at radius 3 is 2.17 bits per heavy atom. The number of Topliss-reactive ketones (excluding diaryl/α,β-unsaturated/α-hetero) is 4. The van der Waals surface area contributed by atoms with E-state index in [2.05, 4.69) is 0 Å². The molecule has 5 heterocycles. The molecule has 104 heavy (non-hydrogen) atoms. The molecule has 2 saturated heterocycles. The number of rotatable bonds is 16. The molecular weight excluding hydrogens is 1340 g/mol. The van der Waals surface area contributed by atoms with Crippen LogP contribution in [-0.4, -0.2) is 188 Å². The monoisotopic (exact) mass is 1450 g/mol. The maximum atomic E-state index is 14.8. The van der Waals surface area contributed by atoms with E-state index in [4.69, 9.17) is 51.8 Å². The fourth-order valence-corrected chi connectivity index (χ4v) is 17.9. The Morgan fingerprint density at radius 1 is 0.769 bits per heavy atom. The Labute approximate surface area is 611 Å². The molecule has 4 aliphatic carbocycles. The number of carbonyl (C=O) groups excluding carboxylic acids is 10. The third-order valence-electron chi connectivity index (χ3n) is 23.9. The minimum Gasteiger partial charge on any atom is -0.462 e. The molecule has 1 amide bonds. The molecule has 2 N–H and O–H groups in total. The molecule has 24 heteroatoms. The number of aliphatic hydroxyl groups excluding tert-OH is 1. The smallest absolute Gasteiger partial charge is 0.342 e. The van der Waals surface area contributed by atoms with E-state index in [-0.39, 0.29) is 86.4 Å². The van der Waals surface area contributed by atoms with Crippen LogP contribution in [0.5, 0.6) is 0 Å². The van der Waals surface area contributed by atoms with Gasteiger partial charge in [-0.15, -0.1) is 0 Å². The van der Waals surface area contributed by atoms with Crippen LogP contribution in [0.15, 0.2) is 69.4 Å². The fraction of sp³-hybridized carbons (Fsp3) is 0.700. The molecule has 21 atom stereocenters. The van der Waals surface area contributed by atoms with Crippen molar-refractivity contribution in [3.8, 4) is 0 Å². The van der Waals surface area contributed by atoms with Gasteiger partial charge in [-0.1, -0.05) is 78.0 Å². The number of carbonyl (C=O) groups is 10. The number of piperidine rings is 1. The first-order valence-corrected chi connectivity index (χ1v) is 37.5. The largest absolute Gasteiger partial charge is 0.462 e. The van der Waals surface area contributed by atoms with Gasteiger partial charge >= 0.3 is 29.8 Å². The fourth-order valence-electron chi connectivity index (χ4n) is 17.9. The highest BCUT2D eigenvalue weighted by atomic mass is 16.6. The van der Waals surface area contributed by atoms with Crippen molar-refractivity contribution >= 4 is 58.9 Å². The zero-order valence-corrected chi connectivity index (χ0v) is 63.2. The van der Waals surface area contributed by atoms with Crippen molar-refractivity contribution in [2.45, 2.75) is 270 Å². The maximum absolute atomic E-state index is 14.8. The molecule has 0 aromatic carbocycles. The van der Waals surface area contributed by atoms with Crippen LogP contribution in [0.3, 0.4) is 0 Å². The number of hydrogen-bond acceptors (Lipinski definition) is 23. The second-order valence-corrected chi connectivity index (χ2v) is 31.2. The lowest BCUT2D eigenvalue weighted by atomic mass is 9.54. The molecule has 4 aliphatic heterocycles. The molecule has 8 aliphatic rings. The number of hydrogen-bond donors (Lipinski definition) is 2. The molecule has 0 radical (unpaired) electrons. The minimum atomic E-state index is -2.50. The van der Waals surface area contributed by atoms with Gasteiger partial charge in [0.15, 0.2) is 11.5 Å². The van der Waals surface area contributed by atoms with Gasteiger partial charge in [0.2, 0.25) is 11.6 Å². The van der Waals surface area contributed by atoms with Crippen molar-refractivity contribution in [3.05, 3.63) is 81.9 Å². The SMILES string of the molecule is COC[C@H]1OC(=O)c2coc3c2[C@@]1(C)C1=C(C3=O)[C@@H]2CC[C@H](OC(=O)CCCCC(=O)O[C@@H]3CC[C@@H](C[C@@H](C)[C@@H]4CC(=O)[C@H](C)/C=C(\C)[C@@H](O)[C@@H](OC)C(=O)[C@H](C)C[C@H](C)/C=C/C=C/C=C(\C)[C@@H](OC)C[C@@H]5CC[C@@H](C)[C@@](O)(O5)C(=O)C(=O)N5CCCC[C@H]5C(=O)O4)C[C@H]3OC)[C@@]2(C)C[C@H]1OC(C)=O. The van der Waals surface area contributed by atoms with Crippen LogP contribution in [0, 0.1) is 46.8 Å². The number of nitrogens with zero attached hydrogens (tertiary/aromatic N) is 1. The van der Waals surface area contributed by atoms with E-state index in [1.54, 1.807) is 40.9 Å². The minimum absolute atomic E-state index is 0.00603. The molecular formula is C80H111NO23. The van der Waals surface area contributed by atoms with E-state index in [0.29, 0.717) is 106 Å². The number of amides is 1. The summed E-state index contributed by atoms with van der Waals surface area (Å²) in [6, 6.07) is -1.23. The molecule has 4 fully saturated rings. The number of fused-ring (bicyclic) bond motifs is 6. The molecule has 0 unspecified atom stereocenters. The van der Waals surface area contributed by atoms with Gasteiger partial charge in [-0.25, -0.2) is 9.59 Å². The number of unbranched alkanes of at least 4 members (excludes halogenated alkanes) is 1. The van der Waals surface area contributed by atoms with Gasteiger partial charge in [0.1, 0.15) is 66.4 Å². The van der Waals surface area contributed by atoms with Gasteiger partial charge < -0.3 is 66.9 Å². The number of allylic oxidation sites excluding steroid dienone is 7. The summed E-state index contributed by atoms with van der Waals surface area (Å²) in [6.45, 7) is 17.6. The lowest BCUT2D eigenvalue weighted by molar-refractivity contribution is -0.265. The highest BCUT2D eigenvalue weighted by molar-refractivity contribution is 6.39. The zero-order valence-electron chi connectivity index (χ0n) is 63.2. The standard InChI is InChI=1S/C80H111NO23/c1-43-22-16-15-17-23-44(2)58(95-12)38-52-29-27-49(7)80(93,104-52)74(89)75(90)81-33-21-20-24-55(81)77(92)101-59(39-56(83)45(3)35-48(6)70(87)73(97-14)69(86)47(5)34-43)46(4)36-51-28-31-57(60(37-51)96-13)100-64(84)25-18-19-26-65(85)102-62-32-30-54-66-68(61(99-50(8)82)40-78(54,62)9)79(10)63(42-94-11)103-76(91)53-41-98-72(67(53)79)71(66)88/h15-17,22-23,35,41,43,45-47,49,51-52,54-55,57-63,70,73,87,93H,18-21,24-34,36-40,42H2,1-14H3/b17-15+,22-16+,44-23+,48-35+/t43-,45-,46-,47-,49-,51+,52+,54+,55+,57-,58+,59+,60-,61-,62+,63-,70-,73+,78+,79+,80-/m1/s1. The van der Waals surface area contributed by atoms with E-state index in [1.165, 1.54) is 34.5 Å². The van der Waals surface area contributed by atoms with Crippen LogP contribution >= 0.6 is 0 Å². The first kappa shape index (κ1) is 81.3. The van der Waals surface area contributed by atoms with Crippen LogP contribution in [0.1, 0.15) is 218 Å².